The van der Waals surface area contributed by atoms with Crippen molar-refractivity contribution in [2.24, 2.45) is 5.10 Å². The van der Waals surface area contributed by atoms with E-state index in [-0.39, 0.29) is 11.6 Å². The Morgan fingerprint density at radius 2 is 1.96 bits per heavy atom. The van der Waals surface area contributed by atoms with Gasteiger partial charge in [-0.05, 0) is 31.5 Å². The maximum atomic E-state index is 11.0. The third-order valence-electron chi connectivity index (χ3n) is 3.44. The van der Waals surface area contributed by atoms with Crippen molar-refractivity contribution < 1.29 is 4.92 Å². The predicted octanol–water partition coefficient (Wildman–Crippen LogP) is 2.26. The molecule has 0 aliphatic rings. The molecule has 0 saturated carbocycles. The highest BCUT2D eigenvalue weighted by molar-refractivity contribution is 5.81. The average molecular weight is 329 g/mol. The van der Waals surface area contributed by atoms with Crippen molar-refractivity contribution >= 4 is 29.2 Å². The second-order valence-corrected chi connectivity index (χ2v) is 4.85. The highest BCUT2D eigenvalue weighted by Crippen LogP contribution is 2.26. The number of nitrogens with two attached hydrogens (primary N) is 1. The Bertz CT molecular complexity index is 727. The quantitative estimate of drug-likeness (QED) is 0.453. The molecule has 0 radical (unpaired) electrons. The summed E-state index contributed by atoms with van der Waals surface area (Å²) in [6.07, 6.45) is 2.69. The molecule has 9 heteroatoms. The first-order valence-corrected chi connectivity index (χ1v) is 7.45. The summed E-state index contributed by atoms with van der Waals surface area (Å²) in [4.78, 5) is 19.9. The third-order valence-corrected chi connectivity index (χ3v) is 3.44. The zero-order chi connectivity index (χ0) is 17.5. The number of nitro groups is 1. The van der Waals surface area contributed by atoms with Gasteiger partial charge < -0.3 is 10.6 Å². The van der Waals surface area contributed by atoms with E-state index < -0.39 is 10.6 Å². The highest BCUT2D eigenvalue weighted by Gasteiger charge is 2.20. The number of aromatic nitrogens is 2. The molecule has 0 unspecified atom stereocenters. The van der Waals surface area contributed by atoms with Crippen LogP contribution in [0.3, 0.4) is 0 Å². The van der Waals surface area contributed by atoms with E-state index in [0.29, 0.717) is 0 Å². The number of rotatable bonds is 7. The molecule has 0 saturated heterocycles. The second-order valence-electron chi connectivity index (χ2n) is 4.85. The van der Waals surface area contributed by atoms with Gasteiger partial charge in [0, 0.05) is 18.8 Å². The number of hydrogen-bond acceptors (Lipinski definition) is 8. The van der Waals surface area contributed by atoms with E-state index in [4.69, 9.17) is 5.73 Å². The van der Waals surface area contributed by atoms with Gasteiger partial charge in [-0.25, -0.2) is 9.97 Å². The van der Waals surface area contributed by atoms with Crippen LogP contribution in [0.2, 0.25) is 0 Å². The van der Waals surface area contributed by atoms with E-state index in [9.17, 15) is 10.1 Å². The molecule has 1 aromatic carbocycles. The van der Waals surface area contributed by atoms with E-state index in [1.807, 2.05) is 24.3 Å². The summed E-state index contributed by atoms with van der Waals surface area (Å²) < 4.78 is 0. The molecule has 0 atom stereocenters. The van der Waals surface area contributed by atoms with Crippen LogP contribution >= 0.6 is 0 Å². The Morgan fingerprint density at radius 1 is 1.29 bits per heavy atom. The molecule has 24 heavy (non-hydrogen) atoms. The minimum Gasteiger partial charge on any atom is -0.378 e. The fourth-order valence-electron chi connectivity index (χ4n) is 2.18. The third kappa shape index (κ3) is 3.94. The minimum absolute atomic E-state index is 0.0523. The van der Waals surface area contributed by atoms with Gasteiger partial charge in [0.05, 0.1) is 11.1 Å². The molecule has 126 valence electrons. The van der Waals surface area contributed by atoms with Crippen molar-refractivity contribution in [3.63, 3.8) is 0 Å². The van der Waals surface area contributed by atoms with E-state index in [1.54, 1.807) is 6.21 Å². The van der Waals surface area contributed by atoms with Crippen molar-refractivity contribution in [2.75, 3.05) is 29.1 Å². The van der Waals surface area contributed by atoms with Crippen LogP contribution in [0, 0.1) is 10.1 Å². The van der Waals surface area contributed by atoms with Crippen LogP contribution in [-0.4, -0.2) is 34.2 Å². The summed E-state index contributed by atoms with van der Waals surface area (Å²) >= 11 is 0. The predicted molar refractivity (Wildman–Crippen MR) is 94.3 cm³/mol. The molecule has 0 aliphatic heterocycles. The molecule has 1 aromatic heterocycles. The molecule has 3 N–H and O–H groups in total. The molecule has 0 spiro atoms. The topological polar surface area (TPSA) is 123 Å². The highest BCUT2D eigenvalue weighted by atomic mass is 16.6. The van der Waals surface area contributed by atoms with Crippen molar-refractivity contribution in [2.45, 2.75) is 13.8 Å². The molecule has 9 nitrogen and oxygen atoms in total. The van der Waals surface area contributed by atoms with Crippen LogP contribution in [0.1, 0.15) is 19.4 Å². The number of hydrazone groups is 1. The number of nitrogens with zero attached hydrogens (tertiary/aromatic N) is 5. The minimum atomic E-state index is -0.647. The van der Waals surface area contributed by atoms with Gasteiger partial charge in [-0.3, -0.25) is 15.5 Å². The first kappa shape index (κ1) is 17.1. The molecule has 0 aliphatic carbocycles. The molecule has 2 rings (SSSR count). The largest absolute Gasteiger partial charge is 0.378 e. The first-order chi connectivity index (χ1) is 11.6. The van der Waals surface area contributed by atoms with Crippen LogP contribution in [0.15, 0.2) is 35.7 Å². The van der Waals surface area contributed by atoms with Gasteiger partial charge in [-0.15, -0.1) is 0 Å². The molecular formula is C15H19N7O2. The van der Waals surface area contributed by atoms with Crippen LogP contribution in [0.5, 0.6) is 0 Å². The van der Waals surface area contributed by atoms with Crippen LogP contribution in [0.4, 0.5) is 23.0 Å². The maximum Gasteiger partial charge on any atom is 0.354 e. The number of hydrogen-bond donors (Lipinski definition) is 2. The van der Waals surface area contributed by atoms with Crippen molar-refractivity contribution in [3.8, 4) is 0 Å². The van der Waals surface area contributed by atoms with Gasteiger partial charge in [0.2, 0.25) is 11.6 Å². The molecular weight excluding hydrogens is 310 g/mol. The molecule has 1 heterocycles. The monoisotopic (exact) mass is 329 g/mol. The lowest BCUT2D eigenvalue weighted by Gasteiger charge is -2.20. The molecule has 0 bridgehead atoms. The number of anilines is 3. The van der Waals surface area contributed by atoms with E-state index in [2.05, 4.69) is 39.2 Å². The van der Waals surface area contributed by atoms with Gasteiger partial charge in [-0.1, -0.05) is 12.1 Å². The number of nitrogen functional groups attached to an aromatic ring is 1. The summed E-state index contributed by atoms with van der Waals surface area (Å²) in [6, 6.07) is 7.84. The lowest BCUT2D eigenvalue weighted by Crippen LogP contribution is -2.21. The Morgan fingerprint density at radius 3 is 2.54 bits per heavy atom. The Labute approximate surface area is 139 Å². The lowest BCUT2D eigenvalue weighted by molar-refractivity contribution is -0.383. The standard InChI is InChI=1S/C15H19N7O2/c1-3-21(4-2)12-7-5-11(6-8-12)9-19-20-15-13(22(23)24)14(16)17-10-18-15/h5-10H,3-4H2,1-2H3,(H3,16,17,18,20)/b19-9-. The van der Waals surface area contributed by atoms with Crippen LogP contribution < -0.4 is 16.1 Å². The molecule has 0 amide bonds. The Kier molecular flexibility index (Phi) is 5.61. The second kappa shape index (κ2) is 7.86. The van der Waals surface area contributed by atoms with Crippen molar-refractivity contribution in [3.05, 3.63) is 46.3 Å². The van der Waals surface area contributed by atoms with Gasteiger partial charge in [0.25, 0.3) is 0 Å². The Hall–Kier alpha value is -3.23. The van der Waals surface area contributed by atoms with Crippen molar-refractivity contribution in [1.29, 1.82) is 0 Å². The summed E-state index contributed by atoms with van der Waals surface area (Å²) in [6.45, 7) is 6.07. The van der Waals surface area contributed by atoms with E-state index in [0.717, 1.165) is 30.7 Å². The van der Waals surface area contributed by atoms with Gasteiger partial charge in [-0.2, -0.15) is 5.10 Å². The molecule has 2 aromatic rings. The zero-order valence-electron chi connectivity index (χ0n) is 13.5. The van der Waals surface area contributed by atoms with E-state index >= 15 is 0 Å². The van der Waals surface area contributed by atoms with Gasteiger partial charge in [0.1, 0.15) is 6.33 Å². The van der Waals surface area contributed by atoms with Gasteiger partial charge >= 0.3 is 5.69 Å². The first-order valence-electron chi connectivity index (χ1n) is 7.45. The smallest absolute Gasteiger partial charge is 0.354 e. The maximum absolute atomic E-state index is 11.0. The normalized spacial score (nSPS) is 10.8. The fourth-order valence-corrected chi connectivity index (χ4v) is 2.18. The van der Waals surface area contributed by atoms with Crippen LogP contribution in [0.25, 0.3) is 0 Å². The fraction of sp³-hybridized carbons (Fsp3) is 0.267. The van der Waals surface area contributed by atoms with Crippen molar-refractivity contribution in [1.82, 2.24) is 9.97 Å². The average Bonchev–Trinajstić information content (AvgIpc) is 2.57. The lowest BCUT2D eigenvalue weighted by atomic mass is 10.2. The Balaban J connectivity index is 2.10. The molecule has 0 fully saturated rings. The summed E-state index contributed by atoms with van der Waals surface area (Å²) in [5.74, 6) is -0.264. The zero-order valence-corrected chi connectivity index (χ0v) is 13.5. The summed E-state index contributed by atoms with van der Waals surface area (Å²) in [7, 11) is 0. The SMILES string of the molecule is CCN(CC)c1ccc(/C=N\Nc2ncnc(N)c2[N+](=O)[O-])cc1. The summed E-state index contributed by atoms with van der Waals surface area (Å²) in [5, 5.41) is 15.0. The summed E-state index contributed by atoms with van der Waals surface area (Å²) in [5.41, 5.74) is 9.60. The van der Waals surface area contributed by atoms with E-state index in [1.165, 1.54) is 0 Å². The number of benzene rings is 1. The van der Waals surface area contributed by atoms with Crippen LogP contribution in [-0.2, 0) is 0 Å². The number of nitrogens with one attached hydrogen (secondary N) is 1. The van der Waals surface area contributed by atoms with Gasteiger partial charge in [0.15, 0.2) is 0 Å².